The largest absolute Gasteiger partial charge is 0.451 e. The van der Waals surface area contributed by atoms with Gasteiger partial charge in [0.2, 0.25) is 11.8 Å². The molecular formula is C36H31N3O5S2. The lowest BCUT2D eigenvalue weighted by Gasteiger charge is -2.49. The van der Waals surface area contributed by atoms with Gasteiger partial charge in [0.1, 0.15) is 16.9 Å². The number of likely N-dealkylation sites (tertiary alicyclic amines) is 1. The molecule has 0 radical (unpaired) electrons. The molecule has 0 aliphatic carbocycles. The normalized spacial score (nSPS) is 16.6. The molecule has 3 atom stereocenters. The zero-order valence-electron chi connectivity index (χ0n) is 24.9. The number of carbonyl (C=O) groups is 3. The molecule has 6 rings (SSSR count). The summed E-state index contributed by atoms with van der Waals surface area (Å²) < 4.78 is 12.1. The Hall–Kier alpha value is -4.80. The Morgan fingerprint density at radius 1 is 0.913 bits per heavy atom. The number of rotatable bonds is 12. The molecule has 4 aromatic carbocycles. The third-order valence-electron chi connectivity index (χ3n) is 7.50. The van der Waals surface area contributed by atoms with Crippen LogP contribution in [0, 0.1) is 0 Å². The molecule has 232 valence electrons. The van der Waals surface area contributed by atoms with Gasteiger partial charge in [0, 0.05) is 10.8 Å². The average molecular weight is 650 g/mol. The SMILES string of the molecule is C=C(C)[C@H](C(=O)OC(c1ccccc1)c1ccccc1)N1C(=O)[C@@H](NC(=O)Cc2ccccc2)[C@H]1SSc1nc2ccccc2o1. The number of nitrogens with one attached hydrogen (secondary N) is 1. The van der Waals surface area contributed by atoms with Gasteiger partial charge in [0.15, 0.2) is 17.7 Å². The van der Waals surface area contributed by atoms with E-state index in [2.05, 4.69) is 16.9 Å². The number of aromatic nitrogens is 1. The lowest BCUT2D eigenvalue weighted by atomic mass is 9.98. The maximum Gasteiger partial charge on any atom is 0.334 e. The van der Waals surface area contributed by atoms with Gasteiger partial charge in [-0.05, 0) is 41.3 Å². The fourth-order valence-corrected chi connectivity index (χ4v) is 7.72. The molecule has 1 aliphatic heterocycles. The number of fused-ring (bicyclic) bond motifs is 1. The minimum atomic E-state index is -1.09. The summed E-state index contributed by atoms with van der Waals surface area (Å²) in [5.41, 5.74) is 4.18. The predicted octanol–water partition coefficient (Wildman–Crippen LogP) is 6.74. The highest BCUT2D eigenvalue weighted by molar-refractivity contribution is 8.76. The standard InChI is InChI=1S/C36H31N3O5S2/c1-23(2)31(35(42)44-32(25-16-8-4-9-17-25)26-18-10-5-11-19-26)39-33(41)30(38-29(40)22-24-14-6-3-7-15-24)34(39)45-46-36-37-27-20-12-13-21-28(27)43-36/h3-21,30-32,34H,1,22H2,2H3,(H,38,40)/t30-,31-,34-/m1/s1. The first kappa shape index (κ1) is 31.2. The lowest BCUT2D eigenvalue weighted by Crippen LogP contribution is -2.73. The van der Waals surface area contributed by atoms with E-state index < -0.39 is 35.4 Å². The first-order valence-electron chi connectivity index (χ1n) is 14.7. The molecule has 1 fully saturated rings. The van der Waals surface area contributed by atoms with Gasteiger partial charge in [-0.1, -0.05) is 121 Å². The van der Waals surface area contributed by atoms with Crippen LogP contribution in [0.1, 0.15) is 29.7 Å². The van der Waals surface area contributed by atoms with Crippen LogP contribution in [0.25, 0.3) is 11.1 Å². The van der Waals surface area contributed by atoms with Gasteiger partial charge in [-0.15, -0.1) is 0 Å². The molecule has 10 heteroatoms. The maximum atomic E-state index is 14.0. The monoisotopic (exact) mass is 649 g/mol. The second kappa shape index (κ2) is 14.1. The summed E-state index contributed by atoms with van der Waals surface area (Å²) in [7, 11) is 2.51. The van der Waals surface area contributed by atoms with Crippen molar-refractivity contribution in [3.8, 4) is 0 Å². The Kier molecular flexibility index (Phi) is 9.56. The summed E-state index contributed by atoms with van der Waals surface area (Å²) in [5.74, 6) is -1.33. The molecule has 1 N–H and O–H groups in total. The molecule has 0 bridgehead atoms. The topological polar surface area (TPSA) is 102 Å². The quantitative estimate of drug-likeness (QED) is 0.0687. The number of carbonyl (C=O) groups excluding carboxylic acids is 3. The van der Waals surface area contributed by atoms with E-state index >= 15 is 0 Å². The summed E-state index contributed by atoms with van der Waals surface area (Å²) in [6.45, 7) is 5.75. The Labute approximate surface area is 274 Å². The van der Waals surface area contributed by atoms with Crippen molar-refractivity contribution in [3.63, 3.8) is 0 Å². The molecule has 46 heavy (non-hydrogen) atoms. The van der Waals surface area contributed by atoms with Gasteiger partial charge >= 0.3 is 5.97 Å². The molecular weight excluding hydrogens is 619 g/mol. The summed E-state index contributed by atoms with van der Waals surface area (Å²) in [6, 6.07) is 33.6. The van der Waals surface area contributed by atoms with Crippen molar-refractivity contribution in [2.24, 2.45) is 0 Å². The molecule has 2 heterocycles. The number of benzene rings is 4. The Morgan fingerprint density at radius 2 is 1.50 bits per heavy atom. The Balaban J connectivity index is 1.26. The zero-order chi connectivity index (χ0) is 32.0. The van der Waals surface area contributed by atoms with Crippen molar-refractivity contribution in [2.75, 3.05) is 0 Å². The summed E-state index contributed by atoms with van der Waals surface area (Å²) in [5, 5.41) is 2.63. The third-order valence-corrected chi connectivity index (χ3v) is 9.92. The number of nitrogens with zero attached hydrogens (tertiary/aromatic N) is 2. The van der Waals surface area contributed by atoms with Crippen LogP contribution in [-0.2, 0) is 25.5 Å². The zero-order valence-corrected chi connectivity index (χ0v) is 26.6. The van der Waals surface area contributed by atoms with Crippen LogP contribution in [0.4, 0.5) is 0 Å². The fraction of sp³-hybridized carbons (Fsp3) is 0.167. The summed E-state index contributed by atoms with van der Waals surface area (Å²) in [6.07, 6.45) is -0.586. The third kappa shape index (κ3) is 6.88. The van der Waals surface area contributed by atoms with Crippen LogP contribution in [0.3, 0.4) is 0 Å². The average Bonchev–Trinajstić information content (AvgIpc) is 3.50. The van der Waals surface area contributed by atoms with Gasteiger partial charge in [-0.25, -0.2) is 9.78 Å². The van der Waals surface area contributed by atoms with Crippen LogP contribution < -0.4 is 5.32 Å². The van der Waals surface area contributed by atoms with E-state index in [-0.39, 0.29) is 12.3 Å². The molecule has 2 amide bonds. The number of oxazole rings is 1. The first-order chi connectivity index (χ1) is 22.4. The summed E-state index contributed by atoms with van der Waals surface area (Å²) in [4.78, 5) is 46.8. The van der Waals surface area contributed by atoms with Crippen LogP contribution >= 0.6 is 21.6 Å². The molecule has 1 saturated heterocycles. The predicted molar refractivity (Wildman–Crippen MR) is 180 cm³/mol. The fourth-order valence-electron chi connectivity index (χ4n) is 5.30. The van der Waals surface area contributed by atoms with Gasteiger partial charge in [0.05, 0.1) is 6.42 Å². The van der Waals surface area contributed by atoms with E-state index in [1.165, 1.54) is 26.5 Å². The molecule has 1 aromatic heterocycles. The first-order valence-corrected chi connectivity index (χ1v) is 16.9. The van der Waals surface area contributed by atoms with E-state index in [0.717, 1.165) is 16.7 Å². The second-order valence-electron chi connectivity index (χ2n) is 10.9. The summed E-state index contributed by atoms with van der Waals surface area (Å²) >= 11 is 0. The molecule has 0 unspecified atom stereocenters. The van der Waals surface area contributed by atoms with Crippen molar-refractivity contribution in [2.45, 2.75) is 42.1 Å². The molecule has 1 aliphatic rings. The Morgan fingerprint density at radius 3 is 2.11 bits per heavy atom. The highest BCUT2D eigenvalue weighted by Gasteiger charge is 2.54. The number of esters is 1. The van der Waals surface area contributed by atoms with Crippen molar-refractivity contribution >= 4 is 50.5 Å². The van der Waals surface area contributed by atoms with Crippen molar-refractivity contribution in [1.29, 1.82) is 0 Å². The second-order valence-corrected chi connectivity index (χ2v) is 13.1. The highest BCUT2D eigenvalue weighted by Crippen LogP contribution is 2.44. The number of β-lactam (4-membered cyclic amide) rings is 1. The van der Waals surface area contributed by atoms with E-state index in [0.29, 0.717) is 21.9 Å². The van der Waals surface area contributed by atoms with Crippen LogP contribution in [0.2, 0.25) is 0 Å². The van der Waals surface area contributed by atoms with Crippen LogP contribution in [0.5, 0.6) is 0 Å². The van der Waals surface area contributed by atoms with E-state index in [1.807, 2.05) is 115 Å². The smallest absolute Gasteiger partial charge is 0.334 e. The van der Waals surface area contributed by atoms with E-state index in [9.17, 15) is 14.4 Å². The number of ether oxygens (including phenoxy) is 1. The van der Waals surface area contributed by atoms with Crippen LogP contribution in [0.15, 0.2) is 137 Å². The van der Waals surface area contributed by atoms with Crippen molar-refractivity contribution in [3.05, 3.63) is 144 Å². The molecule has 8 nitrogen and oxygen atoms in total. The number of para-hydroxylation sites is 2. The van der Waals surface area contributed by atoms with Gasteiger partial charge in [-0.3, -0.25) is 9.59 Å². The Bertz CT molecular complexity index is 1780. The van der Waals surface area contributed by atoms with Gasteiger partial charge < -0.3 is 19.4 Å². The van der Waals surface area contributed by atoms with Gasteiger partial charge in [-0.2, -0.15) is 0 Å². The lowest BCUT2D eigenvalue weighted by molar-refractivity contribution is -0.165. The number of hydrogen-bond acceptors (Lipinski definition) is 8. The minimum absolute atomic E-state index is 0.113. The van der Waals surface area contributed by atoms with Crippen molar-refractivity contribution < 1.29 is 23.5 Å². The maximum absolute atomic E-state index is 14.0. The molecule has 5 aromatic rings. The van der Waals surface area contributed by atoms with E-state index in [4.69, 9.17) is 9.15 Å². The van der Waals surface area contributed by atoms with Crippen LogP contribution in [-0.4, -0.2) is 45.1 Å². The number of hydrogen-bond donors (Lipinski definition) is 1. The van der Waals surface area contributed by atoms with Gasteiger partial charge in [0.25, 0.3) is 5.22 Å². The molecule has 0 saturated carbocycles. The minimum Gasteiger partial charge on any atom is -0.451 e. The van der Waals surface area contributed by atoms with Crippen molar-refractivity contribution in [1.82, 2.24) is 15.2 Å². The number of amides is 2. The molecule has 0 spiro atoms. The van der Waals surface area contributed by atoms with E-state index in [1.54, 1.807) is 6.92 Å². The highest BCUT2D eigenvalue weighted by atomic mass is 33.1.